The van der Waals surface area contributed by atoms with Gasteiger partial charge in [0, 0.05) is 22.6 Å². The summed E-state index contributed by atoms with van der Waals surface area (Å²) in [6.45, 7) is 15.3. The van der Waals surface area contributed by atoms with Crippen LogP contribution in [0.5, 0.6) is 17.2 Å². The number of benzene rings is 1. The van der Waals surface area contributed by atoms with Crippen LogP contribution in [0.3, 0.4) is 0 Å². The Labute approximate surface area is 206 Å². The number of phenolic OH excluding ortho intramolecular Hbond substituents is 3. The van der Waals surface area contributed by atoms with E-state index in [-0.39, 0.29) is 28.1 Å². The molecule has 0 unspecified atom stereocenters. The molecule has 4 fully saturated rings. The van der Waals surface area contributed by atoms with E-state index in [4.69, 9.17) is 0 Å². The fraction of sp³-hybridized carbons (Fsp3) is 0.806. The highest BCUT2D eigenvalue weighted by atomic mass is 16.3. The molecule has 0 aromatic heterocycles. The third-order valence-electron chi connectivity index (χ3n) is 13.3. The highest BCUT2D eigenvalue weighted by Crippen LogP contribution is 2.76. The Hall–Kier alpha value is -1.38. The molecule has 8 atom stereocenters. The van der Waals surface area contributed by atoms with Crippen molar-refractivity contribution in [3.05, 3.63) is 17.2 Å². The Morgan fingerprint density at radius 2 is 1.21 bits per heavy atom. The van der Waals surface area contributed by atoms with E-state index < -0.39 is 0 Å². The summed E-state index contributed by atoms with van der Waals surface area (Å²) < 4.78 is 0. The van der Waals surface area contributed by atoms with E-state index in [2.05, 4.69) is 41.5 Å². The van der Waals surface area contributed by atoms with Crippen molar-refractivity contribution >= 4 is 0 Å². The second kappa shape index (κ2) is 6.68. The van der Waals surface area contributed by atoms with Gasteiger partial charge in [-0.05, 0) is 103 Å². The molecule has 0 spiro atoms. The lowest BCUT2D eigenvalue weighted by Gasteiger charge is -2.71. The molecule has 0 aliphatic heterocycles. The van der Waals surface area contributed by atoms with Crippen LogP contribution in [0.1, 0.15) is 110 Å². The van der Waals surface area contributed by atoms with Crippen molar-refractivity contribution in [2.75, 3.05) is 0 Å². The Bertz CT molecular complexity index is 1040. The highest BCUT2D eigenvalue weighted by molar-refractivity contribution is 5.61. The summed E-state index contributed by atoms with van der Waals surface area (Å²) >= 11 is 0. The van der Waals surface area contributed by atoms with Crippen molar-refractivity contribution in [2.24, 2.45) is 45.3 Å². The smallest absolute Gasteiger partial charge is 0.161 e. The van der Waals surface area contributed by atoms with Crippen LogP contribution in [0, 0.1) is 45.3 Å². The SMILES string of the molecule is CC1(C)CCC[C@]2(C)[C@H]3CC[C@@]4(C)[C@@H](CC[C@@]5(C)c6c(O)c(O)cc(O)c6C[C@@H]45)[C@]3(C)CC[C@@H]12. The third-order valence-corrected chi connectivity index (χ3v) is 13.3. The first-order valence-electron chi connectivity index (χ1n) is 14.1. The van der Waals surface area contributed by atoms with Crippen molar-refractivity contribution in [1.29, 1.82) is 0 Å². The fourth-order valence-corrected chi connectivity index (χ4v) is 12.0. The van der Waals surface area contributed by atoms with Crippen molar-refractivity contribution in [2.45, 2.75) is 111 Å². The first-order chi connectivity index (χ1) is 15.8. The highest BCUT2D eigenvalue weighted by Gasteiger charge is 2.68. The summed E-state index contributed by atoms with van der Waals surface area (Å²) in [5.74, 6) is 2.74. The van der Waals surface area contributed by atoms with Gasteiger partial charge in [0.15, 0.2) is 11.5 Å². The summed E-state index contributed by atoms with van der Waals surface area (Å²) in [5, 5.41) is 32.0. The summed E-state index contributed by atoms with van der Waals surface area (Å²) in [6, 6.07) is 1.35. The predicted octanol–water partition coefficient (Wildman–Crippen LogP) is 7.69. The van der Waals surface area contributed by atoms with Crippen LogP contribution >= 0.6 is 0 Å². The summed E-state index contributed by atoms with van der Waals surface area (Å²) in [7, 11) is 0. The second-order valence-electron chi connectivity index (χ2n) is 14.9. The van der Waals surface area contributed by atoms with E-state index in [1.54, 1.807) is 0 Å². The zero-order chi connectivity index (χ0) is 24.5. The van der Waals surface area contributed by atoms with E-state index in [0.717, 1.165) is 35.8 Å². The van der Waals surface area contributed by atoms with Crippen molar-refractivity contribution in [3.8, 4) is 17.2 Å². The molecule has 4 saturated carbocycles. The molecular formula is C31H46O3. The van der Waals surface area contributed by atoms with Gasteiger partial charge in [-0.3, -0.25) is 0 Å². The molecule has 34 heavy (non-hydrogen) atoms. The molecular weight excluding hydrogens is 420 g/mol. The van der Waals surface area contributed by atoms with Gasteiger partial charge in [0.2, 0.25) is 0 Å². The summed E-state index contributed by atoms with van der Waals surface area (Å²) in [4.78, 5) is 0. The topological polar surface area (TPSA) is 60.7 Å². The van der Waals surface area contributed by atoms with Gasteiger partial charge in [-0.1, -0.05) is 48.0 Å². The van der Waals surface area contributed by atoms with Crippen LogP contribution in [0.15, 0.2) is 6.07 Å². The first-order valence-corrected chi connectivity index (χ1v) is 14.1. The number of hydrogen-bond acceptors (Lipinski definition) is 3. The number of fused-ring (bicyclic) bond motifs is 9. The maximum absolute atomic E-state index is 10.9. The monoisotopic (exact) mass is 466 g/mol. The fourth-order valence-electron chi connectivity index (χ4n) is 12.0. The van der Waals surface area contributed by atoms with E-state index >= 15 is 0 Å². The normalized spacial score (nSPS) is 48.8. The van der Waals surface area contributed by atoms with Crippen molar-refractivity contribution in [1.82, 2.24) is 0 Å². The standard InChI is InChI=1S/C31H46O3/c1-27(2)11-7-12-28(3)21(27)8-13-29(4)22(28)9-14-30(5)23(29)10-15-31(6)24(30)16-18-19(32)17-20(33)26(34)25(18)31/h17,21-24,32-34H,7-16H2,1-6H3/t21-,22+,23-,24-,28-,29+,30-,31+/m0/s1. The van der Waals surface area contributed by atoms with Gasteiger partial charge in [-0.15, -0.1) is 0 Å². The van der Waals surface area contributed by atoms with Gasteiger partial charge in [-0.25, -0.2) is 0 Å². The van der Waals surface area contributed by atoms with Crippen LogP contribution in [0.4, 0.5) is 0 Å². The molecule has 0 radical (unpaired) electrons. The maximum Gasteiger partial charge on any atom is 0.161 e. The number of aromatic hydroxyl groups is 3. The minimum Gasteiger partial charge on any atom is -0.508 e. The Balaban J connectivity index is 1.41. The average Bonchev–Trinajstić information content (AvgIpc) is 3.06. The molecule has 0 heterocycles. The second-order valence-corrected chi connectivity index (χ2v) is 14.9. The maximum atomic E-state index is 10.9. The van der Waals surface area contributed by atoms with Gasteiger partial charge in [-0.2, -0.15) is 0 Å². The largest absolute Gasteiger partial charge is 0.508 e. The van der Waals surface area contributed by atoms with E-state index in [1.165, 1.54) is 57.4 Å². The molecule has 3 N–H and O–H groups in total. The zero-order valence-corrected chi connectivity index (χ0v) is 22.3. The van der Waals surface area contributed by atoms with Gasteiger partial charge in [0.05, 0.1) is 0 Å². The Morgan fingerprint density at radius 3 is 1.88 bits per heavy atom. The minimum atomic E-state index is -0.183. The van der Waals surface area contributed by atoms with Crippen LogP contribution < -0.4 is 0 Å². The molecule has 1 aromatic carbocycles. The molecule has 0 amide bonds. The lowest BCUT2D eigenvalue weighted by molar-refractivity contribution is -0.216. The summed E-state index contributed by atoms with van der Waals surface area (Å²) in [6.07, 6.45) is 12.5. The Morgan fingerprint density at radius 1 is 0.647 bits per heavy atom. The first kappa shape index (κ1) is 23.0. The molecule has 3 nitrogen and oxygen atoms in total. The van der Waals surface area contributed by atoms with Crippen LogP contribution in [0.25, 0.3) is 0 Å². The minimum absolute atomic E-state index is 0.0113. The van der Waals surface area contributed by atoms with Gasteiger partial charge in [0.25, 0.3) is 0 Å². The molecule has 5 aliphatic carbocycles. The van der Waals surface area contributed by atoms with Gasteiger partial charge >= 0.3 is 0 Å². The number of rotatable bonds is 0. The van der Waals surface area contributed by atoms with Gasteiger partial charge < -0.3 is 15.3 Å². The molecule has 0 bridgehead atoms. The average molecular weight is 467 g/mol. The predicted molar refractivity (Wildman–Crippen MR) is 136 cm³/mol. The van der Waals surface area contributed by atoms with Gasteiger partial charge in [0.1, 0.15) is 5.75 Å². The van der Waals surface area contributed by atoms with E-state index in [9.17, 15) is 15.3 Å². The van der Waals surface area contributed by atoms with Crippen LogP contribution in [-0.4, -0.2) is 15.3 Å². The van der Waals surface area contributed by atoms with E-state index in [1.807, 2.05) is 0 Å². The Kier molecular flexibility index (Phi) is 4.53. The quantitative estimate of drug-likeness (QED) is 0.271. The number of hydrogen-bond donors (Lipinski definition) is 3. The number of phenols is 3. The van der Waals surface area contributed by atoms with Crippen LogP contribution in [0.2, 0.25) is 0 Å². The van der Waals surface area contributed by atoms with E-state index in [0.29, 0.717) is 28.1 Å². The zero-order valence-electron chi connectivity index (χ0n) is 22.3. The molecule has 0 saturated heterocycles. The molecule has 6 rings (SSSR count). The molecule has 5 aliphatic rings. The van der Waals surface area contributed by atoms with Crippen molar-refractivity contribution in [3.63, 3.8) is 0 Å². The lowest BCUT2D eigenvalue weighted by atomic mass is 9.34. The van der Waals surface area contributed by atoms with Crippen LogP contribution in [-0.2, 0) is 11.8 Å². The lowest BCUT2D eigenvalue weighted by Crippen LogP contribution is -2.64. The third kappa shape index (κ3) is 2.55. The molecule has 188 valence electrons. The van der Waals surface area contributed by atoms with Crippen molar-refractivity contribution < 1.29 is 15.3 Å². The molecule has 1 aromatic rings. The summed E-state index contributed by atoms with van der Waals surface area (Å²) in [5.41, 5.74) is 3.03. The molecule has 3 heteroatoms.